The molecule has 0 radical (unpaired) electrons. The number of para-hydroxylation sites is 1. The molecule has 0 saturated carbocycles. The SMILES string of the molecule is COc1cccc2c1nc(C(F)F)n2-c1nc(N2CCOCC2)cc(N2CCN(CC(=O)N3CCOCC3)CC2)n1. The van der Waals surface area contributed by atoms with E-state index in [1.54, 1.807) is 18.2 Å². The maximum absolute atomic E-state index is 14.3. The van der Waals surface area contributed by atoms with Gasteiger partial charge in [0.1, 0.15) is 22.9 Å². The Kier molecular flexibility index (Phi) is 8.12. The van der Waals surface area contributed by atoms with Gasteiger partial charge in [-0.15, -0.1) is 0 Å². The van der Waals surface area contributed by atoms with Gasteiger partial charge in [0.25, 0.3) is 6.43 Å². The minimum Gasteiger partial charge on any atom is -0.494 e. The van der Waals surface area contributed by atoms with Crippen molar-refractivity contribution in [2.24, 2.45) is 0 Å². The molecule has 0 N–H and O–H groups in total. The molecule has 12 nitrogen and oxygen atoms in total. The molecular weight excluding hydrogens is 538 g/mol. The van der Waals surface area contributed by atoms with E-state index >= 15 is 0 Å². The molecule has 0 bridgehead atoms. The highest BCUT2D eigenvalue weighted by molar-refractivity contribution is 5.84. The molecule has 5 heterocycles. The number of halogens is 2. The van der Waals surface area contributed by atoms with Crippen LogP contribution in [-0.4, -0.2) is 128 Å². The van der Waals surface area contributed by atoms with Crippen molar-refractivity contribution in [3.05, 3.63) is 30.1 Å². The van der Waals surface area contributed by atoms with Crippen LogP contribution in [0.4, 0.5) is 20.4 Å². The average Bonchev–Trinajstić information content (AvgIpc) is 3.42. The molecule has 3 fully saturated rings. The normalized spacial score (nSPS) is 18.9. The number of alkyl halides is 2. The Morgan fingerprint density at radius 3 is 2.17 bits per heavy atom. The minimum atomic E-state index is -2.85. The molecule has 0 spiro atoms. The largest absolute Gasteiger partial charge is 0.494 e. The molecular formula is C27H34F2N8O4. The van der Waals surface area contributed by atoms with Gasteiger partial charge in [-0.25, -0.2) is 13.8 Å². The Morgan fingerprint density at radius 1 is 0.902 bits per heavy atom. The van der Waals surface area contributed by atoms with Crippen LogP contribution in [0.25, 0.3) is 17.0 Å². The summed E-state index contributed by atoms with van der Waals surface area (Å²) in [5.41, 5.74) is 0.766. The van der Waals surface area contributed by atoms with Gasteiger partial charge < -0.3 is 28.9 Å². The fraction of sp³-hybridized carbons (Fsp3) is 0.556. The lowest BCUT2D eigenvalue weighted by Gasteiger charge is -2.37. The van der Waals surface area contributed by atoms with Crippen LogP contribution >= 0.6 is 0 Å². The van der Waals surface area contributed by atoms with Gasteiger partial charge in [-0.1, -0.05) is 6.07 Å². The first kappa shape index (κ1) is 27.5. The summed E-state index contributed by atoms with van der Waals surface area (Å²) < 4.78 is 46.2. The van der Waals surface area contributed by atoms with E-state index in [1.165, 1.54) is 11.7 Å². The van der Waals surface area contributed by atoms with Crippen LogP contribution < -0.4 is 14.5 Å². The fourth-order valence-electron chi connectivity index (χ4n) is 5.48. The van der Waals surface area contributed by atoms with E-state index in [2.05, 4.69) is 19.7 Å². The first-order valence-corrected chi connectivity index (χ1v) is 13.9. The Bertz CT molecular complexity index is 1370. The number of nitrogens with zero attached hydrogens (tertiary/aromatic N) is 8. The van der Waals surface area contributed by atoms with Crippen molar-refractivity contribution in [1.29, 1.82) is 0 Å². The number of carbonyl (C=O) groups is 1. The van der Waals surface area contributed by atoms with Gasteiger partial charge in [0.05, 0.1) is 45.6 Å². The maximum Gasteiger partial charge on any atom is 0.296 e. The number of ether oxygens (including phenoxy) is 3. The van der Waals surface area contributed by atoms with Crippen molar-refractivity contribution < 1.29 is 27.8 Å². The van der Waals surface area contributed by atoms with Crippen LogP contribution in [0.15, 0.2) is 24.3 Å². The fourth-order valence-corrected chi connectivity index (χ4v) is 5.48. The van der Waals surface area contributed by atoms with Gasteiger partial charge in [-0.2, -0.15) is 9.97 Å². The summed E-state index contributed by atoms with van der Waals surface area (Å²) in [5, 5.41) is 0. The molecule has 0 unspecified atom stereocenters. The van der Waals surface area contributed by atoms with Crippen molar-refractivity contribution in [1.82, 2.24) is 29.3 Å². The number of piperazine rings is 1. The van der Waals surface area contributed by atoms with Crippen LogP contribution in [0.3, 0.4) is 0 Å². The van der Waals surface area contributed by atoms with E-state index in [1.807, 2.05) is 11.0 Å². The number of carbonyl (C=O) groups excluding carboxylic acids is 1. The van der Waals surface area contributed by atoms with Crippen molar-refractivity contribution in [3.63, 3.8) is 0 Å². The van der Waals surface area contributed by atoms with E-state index in [-0.39, 0.29) is 11.9 Å². The number of fused-ring (bicyclic) bond motifs is 1. The Labute approximate surface area is 236 Å². The van der Waals surface area contributed by atoms with Gasteiger partial charge in [-0.3, -0.25) is 14.3 Å². The first-order chi connectivity index (χ1) is 20.0. The zero-order chi connectivity index (χ0) is 28.3. The van der Waals surface area contributed by atoms with Crippen LogP contribution in [-0.2, 0) is 14.3 Å². The lowest BCUT2D eigenvalue weighted by Crippen LogP contribution is -2.51. The molecule has 14 heteroatoms. The Balaban J connectivity index is 1.30. The average molecular weight is 573 g/mol. The molecule has 220 valence electrons. The van der Waals surface area contributed by atoms with Crippen LogP contribution in [0.1, 0.15) is 12.2 Å². The summed E-state index contributed by atoms with van der Waals surface area (Å²) in [6.45, 7) is 7.77. The van der Waals surface area contributed by atoms with Gasteiger partial charge in [0, 0.05) is 58.4 Å². The Morgan fingerprint density at radius 2 is 1.54 bits per heavy atom. The summed E-state index contributed by atoms with van der Waals surface area (Å²) in [7, 11) is 1.48. The molecule has 1 aromatic carbocycles. The quantitative estimate of drug-likeness (QED) is 0.415. The second-order valence-electron chi connectivity index (χ2n) is 10.2. The molecule has 1 amide bonds. The molecule has 0 aliphatic carbocycles. The molecule has 3 aliphatic rings. The molecule has 2 aromatic heterocycles. The monoisotopic (exact) mass is 572 g/mol. The second kappa shape index (κ2) is 12.1. The summed E-state index contributed by atoms with van der Waals surface area (Å²) in [5.74, 6) is 1.47. The summed E-state index contributed by atoms with van der Waals surface area (Å²) in [4.78, 5) is 34.7. The third kappa shape index (κ3) is 5.76. The van der Waals surface area contributed by atoms with Gasteiger partial charge in [0.15, 0.2) is 5.82 Å². The molecule has 41 heavy (non-hydrogen) atoms. The number of rotatable bonds is 7. The van der Waals surface area contributed by atoms with E-state index in [9.17, 15) is 13.6 Å². The Hall–Kier alpha value is -3.62. The van der Waals surface area contributed by atoms with Gasteiger partial charge >= 0.3 is 0 Å². The maximum atomic E-state index is 14.3. The third-order valence-corrected chi connectivity index (χ3v) is 7.73. The third-order valence-electron chi connectivity index (χ3n) is 7.73. The van der Waals surface area contributed by atoms with E-state index in [4.69, 9.17) is 24.2 Å². The number of amides is 1. The number of methoxy groups -OCH3 is 1. The number of aromatic nitrogens is 4. The van der Waals surface area contributed by atoms with Crippen molar-refractivity contribution in [3.8, 4) is 11.7 Å². The number of morpholine rings is 2. The molecule has 6 rings (SSSR count). The smallest absolute Gasteiger partial charge is 0.296 e. The summed E-state index contributed by atoms with van der Waals surface area (Å²) in [6.07, 6.45) is -2.85. The number of benzene rings is 1. The standard InChI is InChI=1S/C27H34F2N8O4/c1-39-20-4-2-3-19-24(20)32-26(25(28)29)37(19)27-30-21(17-22(31-27)35-9-13-40-14-10-35)34-7-5-33(6-8-34)18-23(38)36-11-15-41-16-12-36/h2-4,17,25H,5-16,18H2,1H3. The highest BCUT2D eigenvalue weighted by Crippen LogP contribution is 2.33. The van der Waals surface area contributed by atoms with Crippen molar-refractivity contribution in [2.45, 2.75) is 6.43 Å². The zero-order valence-corrected chi connectivity index (χ0v) is 23.0. The lowest BCUT2D eigenvalue weighted by molar-refractivity contribution is -0.136. The zero-order valence-electron chi connectivity index (χ0n) is 23.0. The van der Waals surface area contributed by atoms with Crippen LogP contribution in [0, 0.1) is 0 Å². The van der Waals surface area contributed by atoms with Crippen LogP contribution in [0.5, 0.6) is 5.75 Å². The topological polar surface area (TPSA) is 101 Å². The molecule has 3 aliphatic heterocycles. The van der Waals surface area contributed by atoms with Crippen LogP contribution in [0.2, 0.25) is 0 Å². The van der Waals surface area contributed by atoms with Gasteiger partial charge in [-0.05, 0) is 12.1 Å². The minimum absolute atomic E-state index is 0.114. The predicted octanol–water partition coefficient (Wildman–Crippen LogP) is 1.58. The number of imidazole rings is 1. The van der Waals surface area contributed by atoms with Gasteiger partial charge in [0.2, 0.25) is 11.9 Å². The van der Waals surface area contributed by atoms with E-state index in [0.29, 0.717) is 114 Å². The highest BCUT2D eigenvalue weighted by Gasteiger charge is 2.28. The lowest BCUT2D eigenvalue weighted by atomic mass is 10.3. The van der Waals surface area contributed by atoms with Crippen molar-refractivity contribution >= 4 is 28.6 Å². The highest BCUT2D eigenvalue weighted by atomic mass is 19.3. The predicted molar refractivity (Wildman–Crippen MR) is 147 cm³/mol. The number of hydrogen-bond acceptors (Lipinski definition) is 10. The van der Waals surface area contributed by atoms with Crippen molar-refractivity contribution in [2.75, 3.05) is 102 Å². The summed E-state index contributed by atoms with van der Waals surface area (Å²) in [6, 6.07) is 7.05. The number of hydrogen-bond donors (Lipinski definition) is 0. The first-order valence-electron chi connectivity index (χ1n) is 13.9. The molecule has 3 aromatic rings. The summed E-state index contributed by atoms with van der Waals surface area (Å²) >= 11 is 0. The molecule has 0 atom stereocenters. The number of anilines is 2. The van der Waals surface area contributed by atoms with E-state index < -0.39 is 12.2 Å². The molecule has 3 saturated heterocycles. The second-order valence-corrected chi connectivity index (χ2v) is 10.2. The van der Waals surface area contributed by atoms with E-state index in [0.717, 1.165) is 0 Å².